The van der Waals surface area contributed by atoms with Crippen LogP contribution in [-0.4, -0.2) is 34.4 Å². The number of hydrogen-bond acceptors (Lipinski definition) is 6. The number of nitrogens with two attached hydrogens (primary N) is 1. The minimum absolute atomic E-state index is 0.394. The second-order valence-electron chi connectivity index (χ2n) is 6.55. The van der Waals surface area contributed by atoms with Crippen LogP contribution >= 0.6 is 11.6 Å². The van der Waals surface area contributed by atoms with Gasteiger partial charge in [0, 0.05) is 6.20 Å². The lowest BCUT2D eigenvalue weighted by molar-refractivity contribution is -0.137. The van der Waals surface area contributed by atoms with Gasteiger partial charge in [0.05, 0.1) is 10.6 Å². The molecule has 0 saturated carbocycles. The Labute approximate surface area is 175 Å². The molecule has 0 aromatic carbocycles. The van der Waals surface area contributed by atoms with E-state index in [1.54, 1.807) is 0 Å². The largest absolute Gasteiger partial charge is 0.459 e. The number of pyridine rings is 2. The summed E-state index contributed by atoms with van der Waals surface area (Å²) in [4.78, 5) is 22.9. The first-order valence-corrected chi connectivity index (χ1v) is 8.69. The summed E-state index contributed by atoms with van der Waals surface area (Å²) in [7, 11) is 0. The molecule has 3 rings (SSSR count). The van der Waals surface area contributed by atoms with Crippen LogP contribution in [0.3, 0.4) is 0 Å². The first kappa shape index (κ1) is 22.6. The van der Waals surface area contributed by atoms with Gasteiger partial charge in [-0.05, 0) is 25.1 Å². The van der Waals surface area contributed by atoms with E-state index in [2.05, 4.69) is 25.0 Å². The van der Waals surface area contributed by atoms with Crippen molar-refractivity contribution in [3.63, 3.8) is 0 Å². The topological polar surface area (TPSA) is 102 Å². The molecule has 0 saturated heterocycles. The smallest absolute Gasteiger partial charge is 0.417 e. The molecule has 3 heterocycles. The molecule has 3 N–H and O–H groups in total. The second-order valence-corrected chi connectivity index (χ2v) is 6.96. The van der Waals surface area contributed by atoms with Gasteiger partial charge in [0.2, 0.25) is 0 Å². The third kappa shape index (κ3) is 4.22. The molecule has 166 valence electrons. The highest BCUT2D eigenvalue weighted by Crippen LogP contribution is 2.43. The van der Waals surface area contributed by atoms with Crippen LogP contribution in [0.2, 0.25) is 5.02 Å². The standard InChI is InChI=1S/C17H12ClF6N5O2/c1-15(16(20,21)6-31-14(25)29-15)12-9(19)2-3-10(27-12)28-13(30)11-8(18)4-7(5-26-11)17(22,23)24/h2-5H,6H2,1H3,(H2,25,29)(H,27,28,30). The Bertz CT molecular complexity index is 1080. The number of anilines is 1. The van der Waals surface area contributed by atoms with Crippen molar-refractivity contribution in [2.75, 3.05) is 11.9 Å². The third-order valence-corrected chi connectivity index (χ3v) is 4.67. The Morgan fingerprint density at radius 2 is 2.00 bits per heavy atom. The van der Waals surface area contributed by atoms with E-state index in [1.165, 1.54) is 0 Å². The molecule has 1 amide bonds. The van der Waals surface area contributed by atoms with E-state index in [1.807, 2.05) is 0 Å². The Kier molecular flexibility index (Phi) is 5.50. The molecular formula is C17H12ClF6N5O2. The minimum atomic E-state index is -4.73. The average molecular weight is 468 g/mol. The number of alkyl halides is 5. The van der Waals surface area contributed by atoms with Crippen molar-refractivity contribution in [1.82, 2.24) is 9.97 Å². The summed E-state index contributed by atoms with van der Waals surface area (Å²) in [5.41, 5.74) is 0.184. The molecule has 0 spiro atoms. The van der Waals surface area contributed by atoms with Gasteiger partial charge in [-0.1, -0.05) is 11.6 Å². The predicted molar refractivity (Wildman–Crippen MR) is 96.3 cm³/mol. The van der Waals surface area contributed by atoms with Gasteiger partial charge in [-0.25, -0.2) is 19.4 Å². The molecule has 2 aromatic heterocycles. The fourth-order valence-electron chi connectivity index (χ4n) is 2.65. The molecule has 2 aromatic rings. The summed E-state index contributed by atoms with van der Waals surface area (Å²) in [6, 6.07) is 1.59. The van der Waals surface area contributed by atoms with Crippen molar-refractivity contribution in [2.24, 2.45) is 10.7 Å². The quantitative estimate of drug-likeness (QED) is 0.670. The summed E-state index contributed by atoms with van der Waals surface area (Å²) >= 11 is 5.70. The summed E-state index contributed by atoms with van der Waals surface area (Å²) in [5.74, 6) is -6.37. The summed E-state index contributed by atoms with van der Waals surface area (Å²) in [6.45, 7) is -0.296. The van der Waals surface area contributed by atoms with Crippen molar-refractivity contribution >= 4 is 29.3 Å². The van der Waals surface area contributed by atoms with Crippen LogP contribution in [0, 0.1) is 5.82 Å². The van der Waals surface area contributed by atoms with Crippen LogP contribution in [0.4, 0.5) is 32.2 Å². The number of nitrogens with one attached hydrogen (secondary N) is 1. The van der Waals surface area contributed by atoms with E-state index < -0.39 is 69.8 Å². The lowest BCUT2D eigenvalue weighted by atomic mass is 9.89. The van der Waals surface area contributed by atoms with Crippen molar-refractivity contribution in [2.45, 2.75) is 24.6 Å². The zero-order valence-corrected chi connectivity index (χ0v) is 16.2. The van der Waals surface area contributed by atoms with Gasteiger partial charge in [0.25, 0.3) is 11.9 Å². The monoisotopic (exact) mass is 467 g/mol. The van der Waals surface area contributed by atoms with Gasteiger partial charge >= 0.3 is 12.1 Å². The molecule has 7 nitrogen and oxygen atoms in total. The van der Waals surface area contributed by atoms with Crippen molar-refractivity contribution in [3.05, 3.63) is 52.2 Å². The van der Waals surface area contributed by atoms with Gasteiger partial charge in [0.15, 0.2) is 12.1 Å². The number of amidine groups is 1. The summed E-state index contributed by atoms with van der Waals surface area (Å²) in [5, 5.41) is 1.50. The normalized spacial score (nSPS) is 20.6. The summed E-state index contributed by atoms with van der Waals surface area (Å²) < 4.78 is 85.8. The molecule has 0 fully saturated rings. The van der Waals surface area contributed by atoms with E-state index in [0.717, 1.165) is 19.1 Å². The van der Waals surface area contributed by atoms with Crippen LogP contribution in [0.5, 0.6) is 0 Å². The number of carbonyl (C=O) groups is 1. The van der Waals surface area contributed by atoms with Gasteiger partial charge in [-0.3, -0.25) is 4.79 Å². The fourth-order valence-corrected chi connectivity index (χ4v) is 2.91. The predicted octanol–water partition coefficient (Wildman–Crippen LogP) is 3.74. The first-order valence-electron chi connectivity index (χ1n) is 8.31. The molecule has 1 aliphatic rings. The maximum Gasteiger partial charge on any atom is 0.417 e. The highest BCUT2D eigenvalue weighted by molar-refractivity contribution is 6.34. The molecule has 31 heavy (non-hydrogen) atoms. The van der Waals surface area contributed by atoms with E-state index in [-0.39, 0.29) is 0 Å². The van der Waals surface area contributed by atoms with Crippen LogP contribution in [0.25, 0.3) is 0 Å². The third-order valence-electron chi connectivity index (χ3n) is 4.38. The average Bonchev–Trinajstić information content (AvgIpc) is 2.66. The number of amides is 1. The molecular weight excluding hydrogens is 456 g/mol. The zero-order chi connectivity index (χ0) is 23.2. The van der Waals surface area contributed by atoms with E-state index in [0.29, 0.717) is 12.3 Å². The first-order chi connectivity index (χ1) is 14.2. The van der Waals surface area contributed by atoms with E-state index >= 15 is 0 Å². The maximum absolute atomic E-state index is 14.4. The Morgan fingerprint density at radius 1 is 1.32 bits per heavy atom. The van der Waals surface area contributed by atoms with Gasteiger partial charge < -0.3 is 15.8 Å². The molecule has 0 radical (unpaired) electrons. The molecule has 1 aliphatic heterocycles. The van der Waals surface area contributed by atoms with E-state index in [4.69, 9.17) is 17.3 Å². The Balaban J connectivity index is 1.94. The number of carbonyl (C=O) groups excluding carboxylic acids is 1. The van der Waals surface area contributed by atoms with Crippen LogP contribution < -0.4 is 11.1 Å². The number of rotatable bonds is 3. The van der Waals surface area contributed by atoms with E-state index in [9.17, 15) is 31.1 Å². The van der Waals surface area contributed by atoms with Crippen LogP contribution in [0.15, 0.2) is 29.4 Å². The van der Waals surface area contributed by atoms with Crippen molar-refractivity contribution in [3.8, 4) is 0 Å². The number of nitrogens with zero attached hydrogens (tertiary/aromatic N) is 3. The zero-order valence-electron chi connectivity index (χ0n) is 15.4. The number of aliphatic imine (C=N–C) groups is 1. The van der Waals surface area contributed by atoms with Crippen molar-refractivity contribution < 1.29 is 35.9 Å². The summed E-state index contributed by atoms with van der Waals surface area (Å²) in [6.07, 6.45) is -4.34. The number of halogens is 7. The highest BCUT2D eigenvalue weighted by Gasteiger charge is 2.57. The molecule has 14 heteroatoms. The van der Waals surface area contributed by atoms with Gasteiger partial charge in [0.1, 0.15) is 23.0 Å². The molecule has 1 atom stereocenters. The highest BCUT2D eigenvalue weighted by atomic mass is 35.5. The number of ether oxygens (including phenoxy) is 1. The minimum Gasteiger partial charge on any atom is -0.459 e. The lowest BCUT2D eigenvalue weighted by Crippen LogP contribution is -2.51. The number of aromatic nitrogens is 2. The van der Waals surface area contributed by atoms with Crippen LogP contribution in [0.1, 0.15) is 28.7 Å². The van der Waals surface area contributed by atoms with Gasteiger partial charge in [-0.2, -0.15) is 22.0 Å². The lowest BCUT2D eigenvalue weighted by Gasteiger charge is -2.36. The fraction of sp³-hybridized carbons (Fsp3) is 0.294. The molecule has 1 unspecified atom stereocenters. The van der Waals surface area contributed by atoms with Gasteiger partial charge in [-0.15, -0.1) is 0 Å². The molecule has 0 bridgehead atoms. The SMILES string of the molecule is CC1(c2nc(NC(=O)c3ncc(C(F)(F)F)cc3Cl)ccc2F)N=C(N)OCC1(F)F. The molecule has 0 aliphatic carbocycles. The Morgan fingerprint density at radius 3 is 2.61 bits per heavy atom. The maximum atomic E-state index is 14.4. The van der Waals surface area contributed by atoms with Crippen molar-refractivity contribution in [1.29, 1.82) is 0 Å². The number of hydrogen-bond donors (Lipinski definition) is 2. The Hall–Kier alpha value is -3.09. The second kappa shape index (κ2) is 7.55. The van der Waals surface area contributed by atoms with Crippen LogP contribution in [-0.2, 0) is 16.5 Å².